The van der Waals surface area contributed by atoms with E-state index >= 15 is 0 Å². The highest BCUT2D eigenvalue weighted by molar-refractivity contribution is 5.50. The third-order valence-corrected chi connectivity index (χ3v) is 4.25. The largest absolute Gasteiger partial charge is 0.375 e. The minimum absolute atomic E-state index is 0.0146. The van der Waals surface area contributed by atoms with E-state index in [1.807, 2.05) is 0 Å². The minimum Gasteiger partial charge on any atom is -0.375 e. The van der Waals surface area contributed by atoms with E-state index in [0.717, 1.165) is 25.5 Å². The van der Waals surface area contributed by atoms with Crippen molar-refractivity contribution in [3.63, 3.8) is 0 Å². The van der Waals surface area contributed by atoms with Gasteiger partial charge in [0.25, 0.3) is 0 Å². The number of ether oxygens (including phenoxy) is 2. The van der Waals surface area contributed by atoms with E-state index in [1.54, 1.807) is 0 Å². The molecule has 1 aliphatic heterocycles. The van der Waals surface area contributed by atoms with Gasteiger partial charge in [-0.1, -0.05) is 13.3 Å². The first-order valence-electron chi connectivity index (χ1n) is 6.68. The van der Waals surface area contributed by atoms with E-state index in [2.05, 4.69) is 20.8 Å². The van der Waals surface area contributed by atoms with Crippen LogP contribution in [0.4, 0.5) is 0 Å². The third-order valence-electron chi connectivity index (χ3n) is 4.25. The van der Waals surface area contributed by atoms with Gasteiger partial charge in [0, 0.05) is 6.42 Å². The van der Waals surface area contributed by atoms with Crippen molar-refractivity contribution < 1.29 is 14.3 Å². The molecule has 1 aliphatic carbocycles. The molecule has 3 heteroatoms. The number of epoxide rings is 1. The summed E-state index contributed by atoms with van der Waals surface area (Å²) in [6.07, 6.45) is 6.75. The second-order valence-corrected chi connectivity index (χ2v) is 6.44. The Hall–Kier alpha value is -0.410. The molecule has 17 heavy (non-hydrogen) atoms. The molecule has 0 aromatic rings. The Bertz CT molecular complexity index is 287. The highest BCUT2D eigenvalue weighted by atomic mass is 16.6. The lowest BCUT2D eigenvalue weighted by Gasteiger charge is -2.36. The van der Waals surface area contributed by atoms with Gasteiger partial charge in [0.05, 0.1) is 18.3 Å². The summed E-state index contributed by atoms with van der Waals surface area (Å²) < 4.78 is 11.5. The van der Waals surface area contributed by atoms with Gasteiger partial charge >= 0.3 is 0 Å². The number of rotatable bonds is 5. The Balaban J connectivity index is 1.76. The fraction of sp³-hybridized carbons (Fsp3) is 0.929. The highest BCUT2D eigenvalue weighted by Crippen LogP contribution is 2.41. The van der Waals surface area contributed by atoms with Gasteiger partial charge in [-0.3, -0.25) is 0 Å². The van der Waals surface area contributed by atoms with Crippen molar-refractivity contribution in [1.29, 1.82) is 0 Å². The van der Waals surface area contributed by atoms with E-state index in [1.165, 1.54) is 6.42 Å². The van der Waals surface area contributed by atoms with Crippen LogP contribution in [0.25, 0.3) is 0 Å². The van der Waals surface area contributed by atoms with E-state index in [-0.39, 0.29) is 17.1 Å². The normalized spacial score (nSPS) is 39.9. The first kappa shape index (κ1) is 13.0. The number of hydrogen-bond acceptors (Lipinski definition) is 3. The molecule has 0 spiro atoms. The maximum absolute atomic E-state index is 10.7. The van der Waals surface area contributed by atoms with Gasteiger partial charge in [0.2, 0.25) is 0 Å². The Labute approximate surface area is 104 Å². The summed E-state index contributed by atoms with van der Waals surface area (Å²) in [6.45, 7) is 7.10. The van der Waals surface area contributed by atoms with Crippen molar-refractivity contribution in [3.8, 4) is 0 Å². The van der Waals surface area contributed by atoms with Crippen LogP contribution >= 0.6 is 0 Å². The predicted octanol–water partition coefficient (Wildman–Crippen LogP) is 2.72. The summed E-state index contributed by atoms with van der Waals surface area (Å²) in [5.41, 5.74) is 0.172. The molecule has 2 aliphatic rings. The van der Waals surface area contributed by atoms with Crippen molar-refractivity contribution in [1.82, 2.24) is 0 Å². The minimum atomic E-state index is 0.0146. The summed E-state index contributed by atoms with van der Waals surface area (Å²) in [4.78, 5) is 10.7. The van der Waals surface area contributed by atoms with Gasteiger partial charge in [-0.2, -0.15) is 0 Å². The summed E-state index contributed by atoms with van der Waals surface area (Å²) in [5, 5.41) is 0. The molecule has 3 nitrogen and oxygen atoms in total. The van der Waals surface area contributed by atoms with Gasteiger partial charge < -0.3 is 14.3 Å². The van der Waals surface area contributed by atoms with Crippen LogP contribution in [-0.2, 0) is 14.3 Å². The second kappa shape index (κ2) is 4.69. The van der Waals surface area contributed by atoms with E-state index in [0.29, 0.717) is 19.1 Å². The van der Waals surface area contributed by atoms with Crippen molar-refractivity contribution in [2.75, 3.05) is 6.61 Å². The predicted molar refractivity (Wildman–Crippen MR) is 65.9 cm³/mol. The first-order chi connectivity index (χ1) is 7.95. The Kier molecular flexibility index (Phi) is 3.60. The first-order valence-corrected chi connectivity index (χ1v) is 6.68. The summed E-state index contributed by atoms with van der Waals surface area (Å²) in [7, 11) is 0. The molecular weight excluding hydrogens is 216 g/mol. The molecule has 1 heterocycles. The number of aldehydes is 1. The average Bonchev–Trinajstić information content (AvgIpc) is 2.84. The Morgan fingerprint density at radius 1 is 1.41 bits per heavy atom. The summed E-state index contributed by atoms with van der Waals surface area (Å²) in [5.74, 6) is 0. The number of carbonyl (C=O) groups excluding carboxylic acids is 1. The number of carbonyl (C=O) groups is 1. The molecular formula is C14H24O3. The van der Waals surface area contributed by atoms with Crippen LogP contribution in [0.15, 0.2) is 0 Å². The topological polar surface area (TPSA) is 38.8 Å². The molecule has 1 saturated carbocycles. The lowest BCUT2D eigenvalue weighted by atomic mass is 9.72. The molecule has 1 saturated heterocycles. The Morgan fingerprint density at radius 3 is 2.71 bits per heavy atom. The molecule has 0 aromatic carbocycles. The van der Waals surface area contributed by atoms with Gasteiger partial charge in [-0.15, -0.1) is 0 Å². The number of hydrogen-bond donors (Lipinski definition) is 0. The van der Waals surface area contributed by atoms with Crippen LogP contribution in [0.1, 0.15) is 52.9 Å². The molecule has 0 amide bonds. The summed E-state index contributed by atoms with van der Waals surface area (Å²) >= 11 is 0. The van der Waals surface area contributed by atoms with Crippen molar-refractivity contribution in [3.05, 3.63) is 0 Å². The smallest absolute Gasteiger partial charge is 0.120 e. The zero-order chi connectivity index (χ0) is 12.5. The zero-order valence-corrected chi connectivity index (χ0v) is 11.2. The fourth-order valence-electron chi connectivity index (χ4n) is 2.83. The van der Waals surface area contributed by atoms with Crippen LogP contribution in [0.3, 0.4) is 0 Å². The van der Waals surface area contributed by atoms with Gasteiger partial charge in [-0.05, 0) is 38.5 Å². The van der Waals surface area contributed by atoms with Gasteiger partial charge in [0.1, 0.15) is 12.4 Å². The zero-order valence-electron chi connectivity index (χ0n) is 11.2. The quantitative estimate of drug-likeness (QED) is 0.548. The Morgan fingerprint density at radius 2 is 2.12 bits per heavy atom. The van der Waals surface area contributed by atoms with E-state index < -0.39 is 0 Å². The maximum atomic E-state index is 10.7. The maximum Gasteiger partial charge on any atom is 0.120 e. The molecule has 0 bridgehead atoms. The molecule has 0 N–H and O–H groups in total. The lowest BCUT2D eigenvalue weighted by Crippen LogP contribution is -2.32. The third kappa shape index (κ3) is 3.29. The van der Waals surface area contributed by atoms with E-state index in [9.17, 15) is 4.79 Å². The fourth-order valence-corrected chi connectivity index (χ4v) is 2.83. The average molecular weight is 240 g/mol. The SMILES string of the molecule is CC1(CC=O)CCCC(OCC2OC2(C)C)C1. The van der Waals surface area contributed by atoms with Crippen LogP contribution in [0.2, 0.25) is 0 Å². The van der Waals surface area contributed by atoms with Crippen LogP contribution in [-0.4, -0.2) is 30.7 Å². The van der Waals surface area contributed by atoms with E-state index in [4.69, 9.17) is 9.47 Å². The molecule has 0 aromatic heterocycles. The molecule has 98 valence electrons. The van der Waals surface area contributed by atoms with Gasteiger partial charge in [0.15, 0.2) is 0 Å². The molecule has 3 atom stereocenters. The molecule has 3 unspecified atom stereocenters. The molecule has 2 rings (SSSR count). The second-order valence-electron chi connectivity index (χ2n) is 6.44. The van der Waals surface area contributed by atoms with Crippen molar-refractivity contribution in [2.24, 2.45) is 5.41 Å². The van der Waals surface area contributed by atoms with Crippen molar-refractivity contribution in [2.45, 2.75) is 70.7 Å². The monoisotopic (exact) mass is 240 g/mol. The summed E-state index contributed by atoms with van der Waals surface area (Å²) in [6, 6.07) is 0. The van der Waals surface area contributed by atoms with Crippen LogP contribution < -0.4 is 0 Å². The van der Waals surface area contributed by atoms with Crippen molar-refractivity contribution >= 4 is 6.29 Å². The van der Waals surface area contributed by atoms with Crippen LogP contribution in [0, 0.1) is 5.41 Å². The molecule has 0 radical (unpaired) electrons. The lowest BCUT2D eigenvalue weighted by molar-refractivity contribution is -0.111. The molecule has 2 fully saturated rings. The van der Waals surface area contributed by atoms with Gasteiger partial charge in [-0.25, -0.2) is 0 Å². The highest BCUT2D eigenvalue weighted by Gasteiger charge is 2.48. The standard InChI is InChI=1S/C14H24O3/c1-13(2)12(17-13)10-16-11-5-4-6-14(3,9-11)7-8-15/h8,11-12H,4-7,9-10H2,1-3H3. The van der Waals surface area contributed by atoms with Crippen LogP contribution in [0.5, 0.6) is 0 Å².